The van der Waals surface area contributed by atoms with E-state index in [1.165, 1.54) is 22.0 Å². The Hall–Kier alpha value is -2.70. The molecule has 1 aromatic carbocycles. The summed E-state index contributed by atoms with van der Waals surface area (Å²) in [7, 11) is 1.79. The summed E-state index contributed by atoms with van der Waals surface area (Å²) in [6, 6.07) is 6.71. The molecule has 1 aliphatic rings. The number of para-hydroxylation sites is 1. The summed E-state index contributed by atoms with van der Waals surface area (Å²) in [6.07, 6.45) is 4.59. The van der Waals surface area contributed by atoms with Gasteiger partial charge in [-0.25, -0.2) is 4.79 Å². The Morgan fingerprint density at radius 2 is 2.14 bits per heavy atom. The molecule has 0 radical (unpaired) electrons. The molecule has 3 rings (SSSR count). The van der Waals surface area contributed by atoms with E-state index >= 15 is 0 Å². The highest BCUT2D eigenvalue weighted by atomic mass is 16.6. The Morgan fingerprint density at radius 1 is 1.36 bits per heavy atom. The number of hydrogen-bond acceptors (Lipinski definition) is 3. The number of H-pyrrole nitrogens is 1. The number of benzene rings is 1. The van der Waals surface area contributed by atoms with E-state index in [0.29, 0.717) is 25.7 Å². The zero-order chi connectivity index (χ0) is 19.9. The van der Waals surface area contributed by atoms with Crippen LogP contribution in [0, 0.1) is 6.92 Å². The second-order valence-electron chi connectivity index (χ2n) is 7.16. The molecular weight excluding hydrogens is 354 g/mol. The summed E-state index contributed by atoms with van der Waals surface area (Å²) in [5.74, 6) is 0.811. The van der Waals surface area contributed by atoms with Gasteiger partial charge < -0.3 is 25.3 Å². The van der Waals surface area contributed by atoms with Gasteiger partial charge in [-0.15, -0.1) is 0 Å². The van der Waals surface area contributed by atoms with Gasteiger partial charge in [0.05, 0.1) is 6.61 Å². The molecule has 0 aliphatic carbocycles. The van der Waals surface area contributed by atoms with Gasteiger partial charge in [0.25, 0.3) is 0 Å². The molecule has 0 bridgehead atoms. The number of ether oxygens (including phenoxy) is 1. The quantitative estimate of drug-likeness (QED) is 0.546. The average Bonchev–Trinajstić information content (AvgIpc) is 3.12. The van der Waals surface area contributed by atoms with E-state index in [1.807, 2.05) is 6.92 Å². The van der Waals surface area contributed by atoms with Crippen LogP contribution in [0.2, 0.25) is 0 Å². The van der Waals surface area contributed by atoms with E-state index in [4.69, 9.17) is 4.74 Å². The van der Waals surface area contributed by atoms with E-state index in [9.17, 15) is 4.79 Å². The highest BCUT2D eigenvalue weighted by molar-refractivity contribution is 5.86. The standard InChI is InChI=1S/C21H31N5O2/c1-4-28-21(27)26-12-9-17(10-13-26)25-20(22-3)23-11-8-16-14-24-19-15(2)6-5-7-18(16)19/h5-7,14,17,24H,4,8-13H2,1-3H3,(H2,22,23,25). The van der Waals surface area contributed by atoms with Crippen molar-refractivity contribution in [3.63, 3.8) is 0 Å². The first-order valence-electron chi connectivity index (χ1n) is 10.1. The normalized spacial score (nSPS) is 15.7. The van der Waals surface area contributed by atoms with E-state index in [2.05, 4.69) is 51.9 Å². The van der Waals surface area contributed by atoms with Crippen molar-refractivity contribution < 1.29 is 9.53 Å². The fraction of sp³-hybridized carbons (Fsp3) is 0.524. The molecule has 152 valence electrons. The molecule has 1 fully saturated rings. The second kappa shape index (κ2) is 9.48. The van der Waals surface area contributed by atoms with Gasteiger partial charge in [-0.05, 0) is 44.2 Å². The molecule has 2 aromatic rings. The zero-order valence-electron chi connectivity index (χ0n) is 17.0. The van der Waals surface area contributed by atoms with Gasteiger partial charge in [0.1, 0.15) is 0 Å². The summed E-state index contributed by atoms with van der Waals surface area (Å²) < 4.78 is 5.07. The minimum Gasteiger partial charge on any atom is -0.450 e. The third kappa shape index (κ3) is 4.77. The van der Waals surface area contributed by atoms with Crippen LogP contribution >= 0.6 is 0 Å². The maximum absolute atomic E-state index is 11.8. The number of hydrogen-bond donors (Lipinski definition) is 3. The summed E-state index contributed by atoms with van der Waals surface area (Å²) in [6.45, 7) is 6.61. The molecule has 0 unspecified atom stereocenters. The Labute approximate surface area is 166 Å². The number of amides is 1. The van der Waals surface area contributed by atoms with Gasteiger partial charge in [0, 0.05) is 49.8 Å². The van der Waals surface area contributed by atoms with E-state index in [-0.39, 0.29) is 6.09 Å². The smallest absolute Gasteiger partial charge is 0.409 e. The SMILES string of the molecule is CCOC(=O)N1CCC(NC(=NC)NCCc2c[nH]c3c(C)cccc23)CC1. The van der Waals surface area contributed by atoms with E-state index < -0.39 is 0 Å². The summed E-state index contributed by atoms with van der Waals surface area (Å²) in [5, 5.41) is 8.17. The van der Waals surface area contributed by atoms with Crippen molar-refractivity contribution in [3.8, 4) is 0 Å². The van der Waals surface area contributed by atoms with Crippen molar-refractivity contribution in [1.82, 2.24) is 20.5 Å². The van der Waals surface area contributed by atoms with Gasteiger partial charge in [0.2, 0.25) is 0 Å². The number of nitrogens with one attached hydrogen (secondary N) is 3. The number of aliphatic imine (C=N–C) groups is 1. The Morgan fingerprint density at radius 3 is 2.86 bits per heavy atom. The summed E-state index contributed by atoms with van der Waals surface area (Å²) in [4.78, 5) is 21.3. The fourth-order valence-corrected chi connectivity index (χ4v) is 3.70. The first-order chi connectivity index (χ1) is 13.6. The average molecular weight is 386 g/mol. The van der Waals surface area contributed by atoms with Crippen LogP contribution in [-0.2, 0) is 11.2 Å². The van der Waals surface area contributed by atoms with Gasteiger partial charge in [0.15, 0.2) is 5.96 Å². The predicted octanol–water partition coefficient (Wildman–Crippen LogP) is 2.80. The van der Waals surface area contributed by atoms with Crippen molar-refractivity contribution >= 4 is 23.0 Å². The molecule has 1 saturated heterocycles. The lowest BCUT2D eigenvalue weighted by Gasteiger charge is -2.32. The number of aryl methyl sites for hydroxylation is 1. The van der Waals surface area contributed by atoms with Crippen LogP contribution in [0.5, 0.6) is 0 Å². The molecule has 7 heteroatoms. The van der Waals surface area contributed by atoms with Crippen LogP contribution in [-0.4, -0.2) is 61.3 Å². The Kier molecular flexibility index (Phi) is 6.79. The number of nitrogens with zero attached hydrogens (tertiary/aromatic N) is 2. The zero-order valence-corrected chi connectivity index (χ0v) is 17.0. The van der Waals surface area contributed by atoms with Crippen molar-refractivity contribution in [2.45, 2.75) is 39.2 Å². The maximum atomic E-state index is 11.8. The molecule has 1 amide bonds. The third-order valence-corrected chi connectivity index (χ3v) is 5.28. The minimum atomic E-state index is -0.211. The molecule has 1 aliphatic heterocycles. The van der Waals surface area contributed by atoms with Gasteiger partial charge in [-0.2, -0.15) is 0 Å². The largest absolute Gasteiger partial charge is 0.450 e. The highest BCUT2D eigenvalue weighted by Gasteiger charge is 2.24. The molecule has 0 atom stereocenters. The second-order valence-corrected chi connectivity index (χ2v) is 7.16. The van der Waals surface area contributed by atoms with Crippen LogP contribution in [0.3, 0.4) is 0 Å². The van der Waals surface area contributed by atoms with Crippen LogP contribution in [0.4, 0.5) is 4.79 Å². The molecule has 0 spiro atoms. The first-order valence-corrected chi connectivity index (χ1v) is 10.1. The Balaban J connectivity index is 1.45. The van der Waals surface area contributed by atoms with Gasteiger partial charge >= 0.3 is 6.09 Å². The molecule has 28 heavy (non-hydrogen) atoms. The number of guanidine groups is 1. The van der Waals surface area contributed by atoms with Crippen LogP contribution < -0.4 is 10.6 Å². The predicted molar refractivity (Wildman–Crippen MR) is 113 cm³/mol. The molecule has 2 heterocycles. The van der Waals surface area contributed by atoms with Crippen molar-refractivity contribution in [2.24, 2.45) is 4.99 Å². The topological polar surface area (TPSA) is 81.8 Å². The van der Waals surface area contributed by atoms with Crippen molar-refractivity contribution in [1.29, 1.82) is 0 Å². The lowest BCUT2D eigenvalue weighted by atomic mass is 10.1. The number of carbonyl (C=O) groups is 1. The molecule has 1 aromatic heterocycles. The van der Waals surface area contributed by atoms with E-state index in [1.54, 1.807) is 11.9 Å². The lowest BCUT2D eigenvalue weighted by molar-refractivity contribution is 0.0963. The number of aromatic amines is 1. The monoisotopic (exact) mass is 385 g/mol. The lowest BCUT2D eigenvalue weighted by Crippen LogP contribution is -2.50. The van der Waals surface area contributed by atoms with Gasteiger partial charge in [-0.3, -0.25) is 4.99 Å². The van der Waals surface area contributed by atoms with Crippen molar-refractivity contribution in [3.05, 3.63) is 35.5 Å². The number of rotatable bonds is 5. The number of aromatic nitrogens is 1. The number of likely N-dealkylation sites (tertiary alicyclic amines) is 1. The van der Waals surface area contributed by atoms with Crippen LogP contribution in [0.25, 0.3) is 10.9 Å². The maximum Gasteiger partial charge on any atom is 0.409 e. The molecule has 3 N–H and O–H groups in total. The molecule has 0 saturated carbocycles. The van der Waals surface area contributed by atoms with Crippen molar-refractivity contribution in [2.75, 3.05) is 33.3 Å². The fourth-order valence-electron chi connectivity index (χ4n) is 3.70. The van der Waals surface area contributed by atoms with E-state index in [0.717, 1.165) is 31.8 Å². The molecule has 7 nitrogen and oxygen atoms in total. The number of carbonyl (C=O) groups excluding carboxylic acids is 1. The van der Waals surface area contributed by atoms with Gasteiger partial charge in [-0.1, -0.05) is 18.2 Å². The number of piperidine rings is 1. The third-order valence-electron chi connectivity index (χ3n) is 5.28. The summed E-state index contributed by atoms with van der Waals surface area (Å²) >= 11 is 0. The highest BCUT2D eigenvalue weighted by Crippen LogP contribution is 2.21. The Bertz CT molecular complexity index is 821. The van der Waals surface area contributed by atoms with Crippen LogP contribution in [0.1, 0.15) is 30.9 Å². The number of fused-ring (bicyclic) bond motifs is 1. The van der Waals surface area contributed by atoms with Crippen LogP contribution in [0.15, 0.2) is 29.4 Å². The summed E-state index contributed by atoms with van der Waals surface area (Å²) in [5.41, 5.74) is 3.79. The minimum absolute atomic E-state index is 0.211. The molecular formula is C21H31N5O2. The first kappa shape index (κ1) is 20.0.